The first kappa shape index (κ1) is 20.5. The fraction of sp³-hybridized carbons (Fsp3) is 0.182. The lowest BCUT2D eigenvalue weighted by atomic mass is 10.0. The van der Waals surface area contributed by atoms with Crippen LogP contribution in [-0.2, 0) is 0 Å². The minimum Gasteiger partial charge on any atom is -0.507 e. The molecule has 2 rings (SSSR count). The number of anilines is 1. The number of allylic oxidation sites excluding steroid dienone is 4. The van der Waals surface area contributed by atoms with E-state index in [-0.39, 0.29) is 5.75 Å². The highest BCUT2D eigenvalue weighted by atomic mass is 35.5. The van der Waals surface area contributed by atoms with Crippen LogP contribution in [0.2, 0.25) is 5.02 Å². The highest BCUT2D eigenvalue weighted by Gasteiger charge is 2.08. The van der Waals surface area contributed by atoms with Crippen molar-refractivity contribution < 1.29 is 5.11 Å². The number of hydrogen-bond acceptors (Lipinski definition) is 3. The van der Waals surface area contributed by atoms with E-state index in [1.54, 1.807) is 30.6 Å². The first-order valence-corrected chi connectivity index (χ1v) is 8.92. The monoisotopic (exact) mass is 381 g/mol. The lowest BCUT2D eigenvalue weighted by Gasteiger charge is -2.09. The fourth-order valence-corrected chi connectivity index (χ4v) is 2.75. The van der Waals surface area contributed by atoms with Crippen LogP contribution in [0, 0.1) is 6.92 Å². The van der Waals surface area contributed by atoms with Gasteiger partial charge in [0, 0.05) is 17.5 Å². The van der Waals surface area contributed by atoms with Gasteiger partial charge < -0.3 is 10.4 Å². The smallest absolute Gasteiger partial charge is 0.124 e. The van der Waals surface area contributed by atoms with Crippen molar-refractivity contribution in [1.29, 1.82) is 0 Å². The molecule has 0 saturated heterocycles. The second kappa shape index (κ2) is 9.19. The molecule has 1 heterocycles. The first-order valence-electron chi connectivity index (χ1n) is 8.54. The van der Waals surface area contributed by atoms with Crippen LogP contribution < -0.4 is 5.32 Å². The quantitative estimate of drug-likeness (QED) is 0.371. The molecule has 0 radical (unpaired) electrons. The van der Waals surface area contributed by atoms with E-state index in [1.807, 2.05) is 45.9 Å². The zero-order chi connectivity index (χ0) is 20.0. The van der Waals surface area contributed by atoms with Crippen molar-refractivity contribution >= 4 is 28.7 Å². The van der Waals surface area contributed by atoms with Crippen LogP contribution in [0.3, 0.4) is 0 Å². The number of nitrogens with one attached hydrogen (secondary N) is 1. The summed E-state index contributed by atoms with van der Waals surface area (Å²) in [7, 11) is 0. The Balaban J connectivity index is 2.28. The van der Waals surface area contributed by atoms with Crippen LogP contribution in [0.1, 0.15) is 32.0 Å². The van der Waals surface area contributed by atoms with Crippen LogP contribution in [0.4, 0.5) is 5.69 Å². The summed E-state index contributed by atoms with van der Waals surface area (Å²) in [5.41, 5.74) is 4.97. The summed E-state index contributed by atoms with van der Waals surface area (Å²) < 4.78 is 0. The molecule has 0 bridgehead atoms. The highest BCUT2D eigenvalue weighted by molar-refractivity contribution is 6.32. The van der Waals surface area contributed by atoms with Gasteiger partial charge in [-0.2, -0.15) is 0 Å². The molecule has 1 aromatic heterocycles. The summed E-state index contributed by atoms with van der Waals surface area (Å²) in [4.78, 5) is 8.72. The maximum Gasteiger partial charge on any atom is 0.124 e. The fourth-order valence-electron chi connectivity index (χ4n) is 2.43. The molecule has 4 nitrogen and oxygen atoms in total. The number of phenols is 1. The van der Waals surface area contributed by atoms with Crippen LogP contribution in [0.15, 0.2) is 71.5 Å². The minimum absolute atomic E-state index is 0.144. The first-order chi connectivity index (χ1) is 12.8. The summed E-state index contributed by atoms with van der Waals surface area (Å²) in [6.07, 6.45) is 5.42. The van der Waals surface area contributed by atoms with Crippen molar-refractivity contribution in [3.8, 4) is 5.75 Å². The third-order valence-corrected chi connectivity index (χ3v) is 4.20. The molecule has 2 N–H and O–H groups in total. The van der Waals surface area contributed by atoms with Gasteiger partial charge in [0.15, 0.2) is 0 Å². The Morgan fingerprint density at radius 2 is 1.96 bits per heavy atom. The number of pyridine rings is 1. The normalized spacial score (nSPS) is 12.9. The average molecular weight is 382 g/mol. The van der Waals surface area contributed by atoms with Gasteiger partial charge in [0.25, 0.3) is 0 Å². The number of rotatable bonds is 5. The van der Waals surface area contributed by atoms with Gasteiger partial charge in [0.1, 0.15) is 11.6 Å². The molecule has 0 atom stereocenters. The van der Waals surface area contributed by atoms with E-state index in [0.29, 0.717) is 10.6 Å². The number of halogens is 1. The Kier molecular flexibility index (Phi) is 6.97. The molecule has 0 unspecified atom stereocenters. The molecule has 0 fully saturated rings. The number of aromatic hydroxyl groups is 1. The number of amidine groups is 1. The van der Waals surface area contributed by atoms with E-state index in [1.165, 1.54) is 0 Å². The molecule has 0 amide bonds. The Labute approximate surface area is 165 Å². The number of aryl methyl sites for hydroxylation is 1. The van der Waals surface area contributed by atoms with Gasteiger partial charge in [0.05, 0.1) is 16.9 Å². The van der Waals surface area contributed by atoms with Gasteiger partial charge in [-0.15, -0.1) is 0 Å². The number of phenolic OH excluding ortho intramolecular Hbond substituents is 1. The zero-order valence-corrected chi connectivity index (χ0v) is 16.8. The van der Waals surface area contributed by atoms with Crippen molar-refractivity contribution in [3.05, 3.63) is 82.8 Å². The average Bonchev–Trinajstić information content (AvgIpc) is 2.60. The molecule has 5 heteroatoms. The largest absolute Gasteiger partial charge is 0.507 e. The Morgan fingerprint density at radius 3 is 2.56 bits per heavy atom. The third-order valence-electron chi connectivity index (χ3n) is 3.88. The van der Waals surface area contributed by atoms with E-state index in [0.717, 1.165) is 33.9 Å². The maximum atomic E-state index is 10.1. The summed E-state index contributed by atoms with van der Waals surface area (Å²) in [6.45, 7) is 11.6. The standard InChI is InChI=1S/C22H24ClN3O/c1-14(2)18(11-15(3)22-20(23)7-6-8-21(22)27)12-25-17(5)26-19-10-9-16(4)24-13-19/h6-13,27H,1H2,2-5H3,(H,25,26)/b15-11+,18-12-. The van der Waals surface area contributed by atoms with Gasteiger partial charge in [0.2, 0.25) is 0 Å². The number of aromatic nitrogens is 1. The van der Waals surface area contributed by atoms with E-state index in [2.05, 4.69) is 21.9 Å². The molecule has 2 aromatic rings. The molecule has 27 heavy (non-hydrogen) atoms. The highest BCUT2D eigenvalue weighted by Crippen LogP contribution is 2.33. The lowest BCUT2D eigenvalue weighted by molar-refractivity contribution is 0.473. The van der Waals surface area contributed by atoms with Crippen molar-refractivity contribution in [2.24, 2.45) is 4.99 Å². The van der Waals surface area contributed by atoms with Crippen molar-refractivity contribution in [2.75, 3.05) is 5.32 Å². The summed E-state index contributed by atoms with van der Waals surface area (Å²) in [6, 6.07) is 8.97. The van der Waals surface area contributed by atoms with Gasteiger partial charge >= 0.3 is 0 Å². The molecule has 1 aromatic carbocycles. The van der Waals surface area contributed by atoms with Gasteiger partial charge in [-0.25, -0.2) is 4.99 Å². The van der Waals surface area contributed by atoms with Crippen LogP contribution >= 0.6 is 11.6 Å². The number of benzene rings is 1. The molecule has 0 saturated carbocycles. The predicted octanol–water partition coefficient (Wildman–Crippen LogP) is 6.14. The number of aliphatic imine (C=N–C) groups is 1. The molecule has 0 aliphatic heterocycles. The minimum atomic E-state index is 0.144. The lowest BCUT2D eigenvalue weighted by Crippen LogP contribution is -2.06. The maximum absolute atomic E-state index is 10.1. The number of nitrogens with zero attached hydrogens (tertiary/aromatic N) is 2. The van der Waals surface area contributed by atoms with Crippen molar-refractivity contribution in [1.82, 2.24) is 4.98 Å². The van der Waals surface area contributed by atoms with E-state index < -0.39 is 0 Å². The molecular formula is C22H24ClN3O. The molecule has 0 aliphatic carbocycles. The van der Waals surface area contributed by atoms with E-state index in [4.69, 9.17) is 11.6 Å². The molecular weight excluding hydrogens is 358 g/mol. The van der Waals surface area contributed by atoms with Gasteiger partial charge in [-0.3, -0.25) is 4.98 Å². The van der Waals surface area contributed by atoms with Crippen LogP contribution in [-0.4, -0.2) is 15.9 Å². The summed E-state index contributed by atoms with van der Waals surface area (Å²) in [5, 5.41) is 13.8. The third kappa shape index (κ3) is 5.83. The van der Waals surface area contributed by atoms with Gasteiger partial charge in [-0.05, 0) is 74.8 Å². The van der Waals surface area contributed by atoms with E-state index in [9.17, 15) is 5.11 Å². The SMILES string of the molecule is C=C(C)C(=C\N=C(C)Nc1ccc(C)nc1)/C=C(\C)c1c(O)cccc1Cl. The zero-order valence-electron chi connectivity index (χ0n) is 16.0. The summed E-state index contributed by atoms with van der Waals surface area (Å²) in [5.74, 6) is 0.872. The Bertz CT molecular complexity index is 905. The second-order valence-electron chi connectivity index (χ2n) is 6.35. The van der Waals surface area contributed by atoms with Crippen LogP contribution in [0.5, 0.6) is 5.75 Å². The number of hydrogen-bond donors (Lipinski definition) is 2. The molecule has 0 aliphatic rings. The molecule has 140 valence electrons. The second-order valence-corrected chi connectivity index (χ2v) is 6.76. The van der Waals surface area contributed by atoms with Crippen molar-refractivity contribution in [2.45, 2.75) is 27.7 Å². The Morgan fingerprint density at radius 1 is 1.22 bits per heavy atom. The molecule has 0 spiro atoms. The van der Waals surface area contributed by atoms with Crippen LogP contribution in [0.25, 0.3) is 5.57 Å². The van der Waals surface area contributed by atoms with Gasteiger partial charge in [-0.1, -0.05) is 24.2 Å². The Hall–Kier alpha value is -2.85. The summed E-state index contributed by atoms with van der Waals surface area (Å²) >= 11 is 6.23. The van der Waals surface area contributed by atoms with E-state index >= 15 is 0 Å². The topological polar surface area (TPSA) is 57.5 Å². The van der Waals surface area contributed by atoms with Crippen molar-refractivity contribution in [3.63, 3.8) is 0 Å². The predicted molar refractivity (Wildman–Crippen MR) is 115 cm³/mol.